The van der Waals surface area contributed by atoms with Gasteiger partial charge in [-0.3, -0.25) is 9.59 Å². The number of piperazine rings is 1. The number of aromatic nitrogens is 2. The monoisotopic (exact) mass is 347 g/mol. The highest BCUT2D eigenvalue weighted by Crippen LogP contribution is 2.21. The molecule has 0 bridgehead atoms. The van der Waals surface area contributed by atoms with E-state index in [0.717, 1.165) is 12.8 Å². The molecule has 0 spiro atoms. The average Bonchev–Trinajstić information content (AvgIpc) is 3.12. The molecule has 2 aliphatic heterocycles. The first-order chi connectivity index (χ1) is 12.1. The van der Waals surface area contributed by atoms with Crippen molar-refractivity contribution in [1.82, 2.24) is 19.8 Å². The van der Waals surface area contributed by atoms with Crippen LogP contribution in [0.5, 0.6) is 5.88 Å². The van der Waals surface area contributed by atoms with Crippen LogP contribution in [0.1, 0.15) is 26.7 Å². The molecule has 3 heterocycles. The Morgan fingerprint density at radius 3 is 2.68 bits per heavy atom. The minimum atomic E-state index is -0.290. The minimum absolute atomic E-state index is 0.0179. The molecule has 0 aromatic carbocycles. The van der Waals surface area contributed by atoms with Gasteiger partial charge in [-0.25, -0.2) is 4.98 Å². The van der Waals surface area contributed by atoms with Gasteiger partial charge in [0.25, 0.3) is 0 Å². The topological polar surface area (TPSA) is 78.9 Å². The summed E-state index contributed by atoms with van der Waals surface area (Å²) in [5.74, 6) is 1.24. The van der Waals surface area contributed by atoms with E-state index in [0.29, 0.717) is 51.2 Å². The van der Waals surface area contributed by atoms with Gasteiger partial charge in [0.2, 0.25) is 23.6 Å². The fraction of sp³-hybridized carbons (Fsp3) is 0.647. The van der Waals surface area contributed by atoms with Crippen molar-refractivity contribution >= 4 is 17.8 Å². The number of hydrogen-bond donors (Lipinski definition) is 0. The van der Waals surface area contributed by atoms with Crippen molar-refractivity contribution < 1.29 is 14.3 Å². The van der Waals surface area contributed by atoms with Crippen LogP contribution in [0.15, 0.2) is 12.3 Å². The number of carbonyl (C=O) groups excluding carboxylic acids is 2. The molecule has 0 unspecified atom stereocenters. The van der Waals surface area contributed by atoms with E-state index in [4.69, 9.17) is 4.74 Å². The summed E-state index contributed by atoms with van der Waals surface area (Å²) in [7, 11) is 0. The number of anilines is 1. The molecular weight excluding hydrogens is 322 g/mol. The predicted molar refractivity (Wildman–Crippen MR) is 92.4 cm³/mol. The van der Waals surface area contributed by atoms with Gasteiger partial charge >= 0.3 is 0 Å². The second-order valence-corrected chi connectivity index (χ2v) is 6.31. The van der Waals surface area contributed by atoms with Crippen molar-refractivity contribution in [3.63, 3.8) is 0 Å². The summed E-state index contributed by atoms with van der Waals surface area (Å²) in [6, 6.07) is 1.45. The van der Waals surface area contributed by atoms with Gasteiger partial charge in [0.1, 0.15) is 6.04 Å². The Bertz CT molecular complexity index is 630. The molecule has 136 valence electrons. The summed E-state index contributed by atoms with van der Waals surface area (Å²) < 4.78 is 5.42. The summed E-state index contributed by atoms with van der Waals surface area (Å²) in [5, 5.41) is 0. The van der Waals surface area contributed by atoms with E-state index < -0.39 is 0 Å². The standard InChI is InChI=1S/C17H25N5O3/c1-3-25-15-6-7-18-17(19-15)21-11-9-20(10-12-21)16(24)14-5-4-8-22(14)13(2)23/h6-7,14H,3-5,8-12H2,1-2H3/t14-/m0/s1. The maximum Gasteiger partial charge on any atom is 0.245 e. The van der Waals surface area contributed by atoms with Crippen LogP contribution < -0.4 is 9.64 Å². The van der Waals surface area contributed by atoms with Gasteiger partial charge < -0.3 is 19.4 Å². The number of hydrogen-bond acceptors (Lipinski definition) is 6. The third kappa shape index (κ3) is 3.83. The van der Waals surface area contributed by atoms with Crippen LogP contribution in [0.25, 0.3) is 0 Å². The Morgan fingerprint density at radius 2 is 2.00 bits per heavy atom. The Labute approximate surface area is 147 Å². The Morgan fingerprint density at radius 1 is 1.24 bits per heavy atom. The van der Waals surface area contributed by atoms with Crippen molar-refractivity contribution in [3.8, 4) is 5.88 Å². The zero-order valence-corrected chi connectivity index (χ0v) is 14.8. The van der Waals surface area contributed by atoms with E-state index in [2.05, 4.69) is 14.9 Å². The molecule has 25 heavy (non-hydrogen) atoms. The van der Waals surface area contributed by atoms with Crippen molar-refractivity contribution in [1.29, 1.82) is 0 Å². The molecule has 0 aliphatic carbocycles. The largest absolute Gasteiger partial charge is 0.478 e. The van der Waals surface area contributed by atoms with Crippen LogP contribution in [0.2, 0.25) is 0 Å². The van der Waals surface area contributed by atoms with E-state index >= 15 is 0 Å². The molecule has 0 N–H and O–H groups in total. The summed E-state index contributed by atoms with van der Waals surface area (Å²) in [6.07, 6.45) is 3.35. The molecule has 0 saturated carbocycles. The molecular formula is C17H25N5O3. The lowest BCUT2D eigenvalue weighted by molar-refractivity contribution is -0.143. The van der Waals surface area contributed by atoms with Crippen LogP contribution in [0.3, 0.4) is 0 Å². The molecule has 1 aromatic rings. The summed E-state index contributed by atoms with van der Waals surface area (Å²) in [6.45, 7) is 7.27. The number of amides is 2. The predicted octanol–water partition coefficient (Wildman–Crippen LogP) is 0.535. The van der Waals surface area contributed by atoms with Gasteiger partial charge in [-0.05, 0) is 19.8 Å². The van der Waals surface area contributed by atoms with Crippen LogP contribution in [-0.2, 0) is 9.59 Å². The normalized spacial score (nSPS) is 20.7. The molecule has 3 rings (SSSR count). The smallest absolute Gasteiger partial charge is 0.245 e. The van der Waals surface area contributed by atoms with Crippen LogP contribution in [0, 0.1) is 0 Å². The minimum Gasteiger partial charge on any atom is -0.478 e. The molecule has 8 nitrogen and oxygen atoms in total. The van der Waals surface area contributed by atoms with Gasteiger partial charge in [0, 0.05) is 51.9 Å². The molecule has 2 fully saturated rings. The molecule has 0 radical (unpaired) electrons. The Kier molecular flexibility index (Phi) is 5.35. The lowest BCUT2D eigenvalue weighted by Crippen LogP contribution is -2.54. The van der Waals surface area contributed by atoms with Crippen molar-refractivity contribution in [2.24, 2.45) is 0 Å². The lowest BCUT2D eigenvalue weighted by Gasteiger charge is -2.37. The molecule has 1 atom stereocenters. The quantitative estimate of drug-likeness (QED) is 0.791. The van der Waals surface area contributed by atoms with E-state index in [9.17, 15) is 9.59 Å². The van der Waals surface area contributed by atoms with Gasteiger partial charge in [0.15, 0.2) is 0 Å². The Hall–Kier alpha value is -2.38. The fourth-order valence-electron chi connectivity index (χ4n) is 3.45. The second-order valence-electron chi connectivity index (χ2n) is 6.31. The van der Waals surface area contributed by atoms with Gasteiger partial charge in [-0.2, -0.15) is 4.98 Å². The SMILES string of the molecule is CCOc1ccnc(N2CCN(C(=O)[C@@H]3CCCN3C(C)=O)CC2)n1. The van der Waals surface area contributed by atoms with Gasteiger partial charge in [-0.1, -0.05) is 0 Å². The van der Waals surface area contributed by atoms with Crippen LogP contribution >= 0.6 is 0 Å². The summed E-state index contributed by atoms with van der Waals surface area (Å²) in [5.41, 5.74) is 0. The third-order valence-corrected chi connectivity index (χ3v) is 4.73. The van der Waals surface area contributed by atoms with Crippen molar-refractivity contribution in [2.45, 2.75) is 32.7 Å². The highest BCUT2D eigenvalue weighted by atomic mass is 16.5. The number of carbonyl (C=O) groups is 2. The van der Waals surface area contributed by atoms with Gasteiger partial charge in [-0.15, -0.1) is 0 Å². The van der Waals surface area contributed by atoms with Crippen LogP contribution in [0.4, 0.5) is 5.95 Å². The fourth-order valence-corrected chi connectivity index (χ4v) is 3.45. The van der Waals surface area contributed by atoms with E-state index in [-0.39, 0.29) is 17.9 Å². The molecule has 2 aliphatic rings. The average molecular weight is 347 g/mol. The molecule has 2 saturated heterocycles. The van der Waals surface area contributed by atoms with Crippen molar-refractivity contribution in [2.75, 3.05) is 44.2 Å². The summed E-state index contributed by atoms with van der Waals surface area (Å²) >= 11 is 0. The molecule has 2 amide bonds. The first-order valence-corrected chi connectivity index (χ1v) is 8.87. The third-order valence-electron chi connectivity index (χ3n) is 4.73. The maximum absolute atomic E-state index is 12.8. The highest BCUT2D eigenvalue weighted by molar-refractivity contribution is 5.87. The highest BCUT2D eigenvalue weighted by Gasteiger charge is 2.36. The number of likely N-dealkylation sites (tertiary alicyclic amines) is 1. The van der Waals surface area contributed by atoms with E-state index in [1.807, 2.05) is 11.8 Å². The zero-order valence-electron chi connectivity index (χ0n) is 14.8. The van der Waals surface area contributed by atoms with Crippen molar-refractivity contribution in [3.05, 3.63) is 12.3 Å². The molecule has 1 aromatic heterocycles. The second kappa shape index (κ2) is 7.67. The maximum atomic E-state index is 12.8. The first kappa shape index (κ1) is 17.4. The zero-order chi connectivity index (χ0) is 17.8. The van der Waals surface area contributed by atoms with Crippen LogP contribution in [-0.4, -0.2) is 77.0 Å². The van der Waals surface area contributed by atoms with Gasteiger partial charge in [0.05, 0.1) is 6.61 Å². The lowest BCUT2D eigenvalue weighted by atomic mass is 10.1. The first-order valence-electron chi connectivity index (χ1n) is 8.87. The van der Waals surface area contributed by atoms with E-state index in [1.54, 1.807) is 17.2 Å². The Balaban J connectivity index is 1.59. The summed E-state index contributed by atoms with van der Waals surface area (Å²) in [4.78, 5) is 38.8. The molecule has 8 heteroatoms. The number of rotatable bonds is 4. The van der Waals surface area contributed by atoms with E-state index in [1.165, 1.54) is 6.92 Å². The number of nitrogens with zero attached hydrogens (tertiary/aromatic N) is 5. The number of ether oxygens (including phenoxy) is 1.